The zero-order chi connectivity index (χ0) is 12.3. The Bertz CT molecular complexity index is 381. The van der Waals surface area contributed by atoms with Crippen molar-refractivity contribution in [1.82, 2.24) is 5.43 Å². The molecule has 5 heteroatoms. The summed E-state index contributed by atoms with van der Waals surface area (Å²) >= 11 is 12.1. The highest BCUT2D eigenvalue weighted by atomic mass is 35.5. The van der Waals surface area contributed by atoms with Crippen molar-refractivity contribution < 1.29 is 4.74 Å². The molecule has 3 nitrogen and oxygen atoms in total. The first kappa shape index (κ1) is 13.1. The van der Waals surface area contributed by atoms with Gasteiger partial charge in [0.15, 0.2) is 0 Å². The highest BCUT2D eigenvalue weighted by Gasteiger charge is 2.22. The summed E-state index contributed by atoms with van der Waals surface area (Å²) in [5.41, 5.74) is 3.72. The molecule has 1 aromatic carbocycles. The Morgan fingerprint density at radius 1 is 1.47 bits per heavy atom. The second kappa shape index (κ2) is 6.03. The molecule has 1 aliphatic rings. The molecule has 0 amide bonds. The topological polar surface area (TPSA) is 47.3 Å². The van der Waals surface area contributed by atoms with Gasteiger partial charge in [-0.2, -0.15) is 0 Å². The minimum atomic E-state index is -0.0238. The van der Waals surface area contributed by atoms with Crippen LogP contribution in [0.2, 0.25) is 10.0 Å². The molecule has 0 saturated carbocycles. The van der Waals surface area contributed by atoms with Crippen molar-refractivity contribution in [1.29, 1.82) is 0 Å². The van der Waals surface area contributed by atoms with Crippen LogP contribution in [0.3, 0.4) is 0 Å². The molecule has 0 bridgehead atoms. The van der Waals surface area contributed by atoms with Crippen LogP contribution in [0.15, 0.2) is 18.2 Å². The Hall–Kier alpha value is -0.320. The van der Waals surface area contributed by atoms with Gasteiger partial charge in [0, 0.05) is 22.7 Å². The summed E-state index contributed by atoms with van der Waals surface area (Å²) in [6.07, 6.45) is 3.27. The lowest BCUT2D eigenvalue weighted by Crippen LogP contribution is -2.31. The van der Waals surface area contributed by atoms with Crippen molar-refractivity contribution in [3.05, 3.63) is 33.8 Å². The van der Waals surface area contributed by atoms with Crippen LogP contribution in [0.4, 0.5) is 0 Å². The van der Waals surface area contributed by atoms with Gasteiger partial charge in [0.05, 0.1) is 6.10 Å². The summed E-state index contributed by atoms with van der Waals surface area (Å²) < 4.78 is 5.61. The first-order chi connectivity index (χ1) is 8.20. The smallest absolute Gasteiger partial charge is 0.0594 e. The first-order valence-electron chi connectivity index (χ1n) is 5.73. The molecule has 1 fully saturated rings. The van der Waals surface area contributed by atoms with Gasteiger partial charge in [0.2, 0.25) is 0 Å². The number of nitrogens with one attached hydrogen (secondary N) is 1. The van der Waals surface area contributed by atoms with Crippen LogP contribution in [0.5, 0.6) is 0 Å². The molecule has 94 valence electrons. The average Bonchev–Trinajstić information content (AvgIpc) is 2.82. The Morgan fingerprint density at radius 3 is 2.94 bits per heavy atom. The summed E-state index contributed by atoms with van der Waals surface area (Å²) in [6.45, 7) is 0.839. The third kappa shape index (κ3) is 3.33. The lowest BCUT2D eigenvalue weighted by molar-refractivity contribution is 0.0946. The van der Waals surface area contributed by atoms with Gasteiger partial charge >= 0.3 is 0 Å². The molecule has 2 unspecified atom stereocenters. The van der Waals surface area contributed by atoms with E-state index in [0.717, 1.165) is 31.4 Å². The van der Waals surface area contributed by atoms with E-state index in [9.17, 15) is 0 Å². The van der Waals surface area contributed by atoms with Crippen LogP contribution < -0.4 is 11.3 Å². The zero-order valence-corrected chi connectivity index (χ0v) is 11.0. The van der Waals surface area contributed by atoms with Crippen LogP contribution in [0.25, 0.3) is 0 Å². The van der Waals surface area contributed by atoms with Crippen LogP contribution in [-0.2, 0) is 4.74 Å². The third-order valence-corrected chi connectivity index (χ3v) is 3.64. The summed E-state index contributed by atoms with van der Waals surface area (Å²) in [6, 6.07) is 5.39. The quantitative estimate of drug-likeness (QED) is 0.655. The number of halogens is 2. The van der Waals surface area contributed by atoms with Gasteiger partial charge in [-0.25, -0.2) is 0 Å². The molecule has 0 aliphatic carbocycles. The number of hydrogen-bond acceptors (Lipinski definition) is 3. The average molecular weight is 275 g/mol. The fraction of sp³-hybridized carbons (Fsp3) is 0.500. The SMILES string of the molecule is NNC(CC1CCCO1)c1cc(Cl)ccc1Cl. The van der Waals surface area contributed by atoms with Gasteiger partial charge in [-0.1, -0.05) is 23.2 Å². The summed E-state index contributed by atoms with van der Waals surface area (Å²) in [5.74, 6) is 5.59. The number of nitrogens with two attached hydrogens (primary N) is 1. The van der Waals surface area contributed by atoms with Crippen molar-refractivity contribution in [2.75, 3.05) is 6.61 Å². The molecule has 1 heterocycles. The maximum Gasteiger partial charge on any atom is 0.0594 e. The molecule has 1 aromatic rings. The number of rotatable bonds is 4. The van der Waals surface area contributed by atoms with Crippen molar-refractivity contribution >= 4 is 23.2 Å². The lowest BCUT2D eigenvalue weighted by atomic mass is 10.00. The Balaban J connectivity index is 2.13. The Morgan fingerprint density at radius 2 is 2.29 bits per heavy atom. The highest BCUT2D eigenvalue weighted by Crippen LogP contribution is 2.31. The third-order valence-electron chi connectivity index (χ3n) is 3.06. The predicted octanol–water partition coefficient (Wildman–Crippen LogP) is 3.07. The van der Waals surface area contributed by atoms with E-state index in [1.165, 1.54) is 0 Å². The molecule has 0 radical (unpaired) electrons. The van der Waals surface area contributed by atoms with E-state index in [1.807, 2.05) is 6.07 Å². The maximum atomic E-state index is 6.16. The fourth-order valence-corrected chi connectivity index (χ4v) is 2.59. The minimum absolute atomic E-state index is 0.0238. The molecule has 2 rings (SSSR count). The van der Waals surface area contributed by atoms with E-state index in [0.29, 0.717) is 10.0 Å². The molecular formula is C12H16Cl2N2O. The number of hydrogen-bond donors (Lipinski definition) is 2. The normalized spacial score (nSPS) is 21.7. The van der Waals surface area contributed by atoms with E-state index in [2.05, 4.69) is 5.43 Å². The number of ether oxygens (including phenoxy) is 1. The van der Waals surface area contributed by atoms with E-state index in [1.54, 1.807) is 12.1 Å². The van der Waals surface area contributed by atoms with Gasteiger partial charge in [-0.3, -0.25) is 11.3 Å². The van der Waals surface area contributed by atoms with Crippen LogP contribution in [0, 0.1) is 0 Å². The zero-order valence-electron chi connectivity index (χ0n) is 9.46. The van der Waals surface area contributed by atoms with Crippen molar-refractivity contribution in [2.45, 2.75) is 31.4 Å². The molecule has 0 aromatic heterocycles. The second-order valence-electron chi connectivity index (χ2n) is 4.26. The predicted molar refractivity (Wildman–Crippen MR) is 70.1 cm³/mol. The number of benzene rings is 1. The molecular weight excluding hydrogens is 259 g/mol. The second-order valence-corrected chi connectivity index (χ2v) is 5.10. The number of hydrazine groups is 1. The monoisotopic (exact) mass is 274 g/mol. The summed E-state index contributed by atoms with van der Waals surface area (Å²) in [7, 11) is 0. The van der Waals surface area contributed by atoms with Gasteiger partial charge in [-0.05, 0) is 43.0 Å². The van der Waals surface area contributed by atoms with Crippen molar-refractivity contribution in [3.8, 4) is 0 Å². The van der Waals surface area contributed by atoms with Crippen LogP contribution >= 0.6 is 23.2 Å². The van der Waals surface area contributed by atoms with Crippen molar-refractivity contribution in [2.24, 2.45) is 5.84 Å². The molecule has 2 atom stereocenters. The van der Waals surface area contributed by atoms with E-state index in [-0.39, 0.29) is 12.1 Å². The van der Waals surface area contributed by atoms with Crippen LogP contribution in [-0.4, -0.2) is 12.7 Å². The molecule has 1 aliphatic heterocycles. The Labute approximate surface area is 111 Å². The van der Waals surface area contributed by atoms with E-state index < -0.39 is 0 Å². The molecule has 1 saturated heterocycles. The molecule has 17 heavy (non-hydrogen) atoms. The maximum absolute atomic E-state index is 6.16. The largest absolute Gasteiger partial charge is 0.378 e. The minimum Gasteiger partial charge on any atom is -0.378 e. The van der Waals surface area contributed by atoms with Gasteiger partial charge < -0.3 is 4.74 Å². The molecule has 0 spiro atoms. The van der Waals surface area contributed by atoms with E-state index in [4.69, 9.17) is 33.8 Å². The first-order valence-corrected chi connectivity index (χ1v) is 6.49. The standard InChI is InChI=1S/C12H16Cl2N2O/c13-8-3-4-11(14)10(6-8)12(16-15)7-9-2-1-5-17-9/h3-4,6,9,12,16H,1-2,5,7,15H2. The van der Waals surface area contributed by atoms with Gasteiger partial charge in [0.25, 0.3) is 0 Å². The van der Waals surface area contributed by atoms with Gasteiger partial charge in [0.1, 0.15) is 0 Å². The highest BCUT2D eigenvalue weighted by molar-refractivity contribution is 6.33. The van der Waals surface area contributed by atoms with E-state index >= 15 is 0 Å². The van der Waals surface area contributed by atoms with Crippen LogP contribution in [0.1, 0.15) is 30.9 Å². The van der Waals surface area contributed by atoms with Crippen molar-refractivity contribution in [3.63, 3.8) is 0 Å². The fourth-order valence-electron chi connectivity index (χ4n) is 2.16. The molecule has 3 N–H and O–H groups in total. The summed E-state index contributed by atoms with van der Waals surface area (Å²) in [4.78, 5) is 0. The Kier molecular flexibility index (Phi) is 4.65. The lowest BCUT2D eigenvalue weighted by Gasteiger charge is -2.21. The van der Waals surface area contributed by atoms with Gasteiger partial charge in [-0.15, -0.1) is 0 Å². The summed E-state index contributed by atoms with van der Waals surface area (Å²) in [5, 5.41) is 1.34.